The van der Waals surface area contributed by atoms with E-state index in [1.807, 2.05) is 13.8 Å². The van der Waals surface area contributed by atoms with Crippen molar-refractivity contribution in [2.75, 3.05) is 0 Å². The molecule has 0 aliphatic carbocycles. The Hall–Kier alpha value is -1.40. The summed E-state index contributed by atoms with van der Waals surface area (Å²) in [6, 6.07) is 7.02. The van der Waals surface area contributed by atoms with Gasteiger partial charge in [0, 0.05) is 12.6 Å². The maximum Gasteiger partial charge on any atom is 0.123 e. The zero-order valence-corrected chi connectivity index (χ0v) is 9.05. The summed E-state index contributed by atoms with van der Waals surface area (Å²) >= 11 is 0. The molecule has 0 fully saturated rings. The highest BCUT2D eigenvalue weighted by molar-refractivity contribution is 5.26. The van der Waals surface area contributed by atoms with Crippen molar-refractivity contribution >= 4 is 0 Å². The van der Waals surface area contributed by atoms with Crippen LogP contribution in [0, 0.1) is 24.1 Å². The lowest BCUT2D eigenvalue weighted by atomic mass is 10.1. The van der Waals surface area contributed by atoms with E-state index in [1.54, 1.807) is 6.07 Å². The average Bonchev–Trinajstić information content (AvgIpc) is 2.17. The fourth-order valence-electron chi connectivity index (χ4n) is 1.35. The standard InChI is InChI=1S/C12H15FN2/c1-9-7-12(13)4-3-11(9)8-15-10(2)5-6-14/h3-4,7,10,15H,5,8H2,1-2H3. The molecule has 0 saturated heterocycles. The summed E-state index contributed by atoms with van der Waals surface area (Å²) in [4.78, 5) is 0. The molecule has 1 aromatic rings. The summed E-state index contributed by atoms with van der Waals surface area (Å²) in [6.45, 7) is 4.52. The second-order valence-corrected chi connectivity index (χ2v) is 3.71. The molecule has 80 valence electrons. The number of hydrogen-bond donors (Lipinski definition) is 1. The van der Waals surface area contributed by atoms with Crippen LogP contribution >= 0.6 is 0 Å². The summed E-state index contributed by atoms with van der Waals surface area (Å²) in [5.74, 6) is -0.207. The van der Waals surface area contributed by atoms with Gasteiger partial charge >= 0.3 is 0 Å². The maximum atomic E-state index is 12.8. The first kappa shape index (κ1) is 11.7. The van der Waals surface area contributed by atoms with Crippen LogP contribution in [0.3, 0.4) is 0 Å². The first-order valence-electron chi connectivity index (χ1n) is 4.99. The van der Waals surface area contributed by atoms with E-state index in [9.17, 15) is 4.39 Å². The van der Waals surface area contributed by atoms with E-state index in [0.717, 1.165) is 11.1 Å². The van der Waals surface area contributed by atoms with Crippen molar-refractivity contribution in [1.29, 1.82) is 5.26 Å². The number of aryl methyl sites for hydroxylation is 1. The van der Waals surface area contributed by atoms with Crippen molar-refractivity contribution in [2.45, 2.75) is 32.9 Å². The van der Waals surface area contributed by atoms with Gasteiger partial charge in [-0.3, -0.25) is 0 Å². The molecule has 0 bridgehead atoms. The molecule has 3 heteroatoms. The van der Waals surface area contributed by atoms with Gasteiger partial charge in [0.2, 0.25) is 0 Å². The van der Waals surface area contributed by atoms with Crippen molar-refractivity contribution in [3.63, 3.8) is 0 Å². The molecule has 1 aromatic carbocycles. The Morgan fingerprint density at radius 1 is 1.53 bits per heavy atom. The van der Waals surface area contributed by atoms with Crippen molar-refractivity contribution in [3.05, 3.63) is 35.1 Å². The Balaban J connectivity index is 2.55. The lowest BCUT2D eigenvalue weighted by Gasteiger charge is -2.11. The van der Waals surface area contributed by atoms with E-state index in [0.29, 0.717) is 13.0 Å². The van der Waals surface area contributed by atoms with E-state index >= 15 is 0 Å². The molecule has 0 aliphatic heterocycles. The zero-order valence-electron chi connectivity index (χ0n) is 9.05. The fraction of sp³-hybridized carbons (Fsp3) is 0.417. The van der Waals surface area contributed by atoms with Crippen LogP contribution in [0.25, 0.3) is 0 Å². The van der Waals surface area contributed by atoms with Crippen LogP contribution in [-0.2, 0) is 6.54 Å². The lowest BCUT2D eigenvalue weighted by Crippen LogP contribution is -2.25. The molecule has 1 rings (SSSR count). The van der Waals surface area contributed by atoms with E-state index in [1.165, 1.54) is 12.1 Å². The largest absolute Gasteiger partial charge is 0.309 e. The molecule has 0 amide bonds. The van der Waals surface area contributed by atoms with Crippen LogP contribution in [0.15, 0.2) is 18.2 Å². The predicted molar refractivity (Wildman–Crippen MR) is 57.7 cm³/mol. The van der Waals surface area contributed by atoms with Crippen molar-refractivity contribution in [1.82, 2.24) is 5.32 Å². The number of rotatable bonds is 4. The van der Waals surface area contributed by atoms with Crippen LogP contribution in [0.4, 0.5) is 4.39 Å². The number of nitrogens with zero attached hydrogens (tertiary/aromatic N) is 1. The van der Waals surface area contributed by atoms with Crippen LogP contribution in [-0.4, -0.2) is 6.04 Å². The summed E-state index contributed by atoms with van der Waals surface area (Å²) in [6.07, 6.45) is 0.486. The van der Waals surface area contributed by atoms with E-state index in [-0.39, 0.29) is 11.9 Å². The topological polar surface area (TPSA) is 35.8 Å². The minimum absolute atomic E-state index is 0.166. The third kappa shape index (κ3) is 3.69. The van der Waals surface area contributed by atoms with E-state index < -0.39 is 0 Å². The molecule has 2 nitrogen and oxygen atoms in total. The molecule has 0 radical (unpaired) electrons. The fourth-order valence-corrected chi connectivity index (χ4v) is 1.35. The van der Waals surface area contributed by atoms with Crippen molar-refractivity contribution in [2.24, 2.45) is 0 Å². The Labute approximate surface area is 89.7 Å². The van der Waals surface area contributed by atoms with Crippen LogP contribution in [0.2, 0.25) is 0 Å². The molecule has 1 unspecified atom stereocenters. The Morgan fingerprint density at radius 2 is 2.27 bits per heavy atom. The Bertz CT molecular complexity index is 368. The van der Waals surface area contributed by atoms with Gasteiger partial charge in [0.1, 0.15) is 5.82 Å². The first-order valence-corrected chi connectivity index (χ1v) is 4.99. The highest BCUT2D eigenvalue weighted by Crippen LogP contribution is 2.10. The smallest absolute Gasteiger partial charge is 0.123 e. The number of hydrogen-bond acceptors (Lipinski definition) is 2. The van der Waals surface area contributed by atoms with Crippen LogP contribution in [0.1, 0.15) is 24.5 Å². The van der Waals surface area contributed by atoms with Gasteiger partial charge in [0.15, 0.2) is 0 Å². The number of halogens is 1. The number of benzene rings is 1. The lowest BCUT2D eigenvalue weighted by molar-refractivity contribution is 0.555. The predicted octanol–water partition coefficient (Wildman–Crippen LogP) is 2.53. The number of nitrogens with one attached hydrogen (secondary N) is 1. The minimum Gasteiger partial charge on any atom is -0.309 e. The van der Waals surface area contributed by atoms with Crippen LogP contribution in [0.5, 0.6) is 0 Å². The maximum absolute atomic E-state index is 12.8. The molecular formula is C12H15FN2. The van der Waals surface area contributed by atoms with Crippen LogP contribution < -0.4 is 5.32 Å². The number of nitriles is 1. The summed E-state index contributed by atoms with van der Waals surface area (Å²) in [5.41, 5.74) is 2.01. The second kappa shape index (κ2) is 5.47. The van der Waals surface area contributed by atoms with E-state index in [4.69, 9.17) is 5.26 Å². The van der Waals surface area contributed by atoms with Gasteiger partial charge in [-0.15, -0.1) is 0 Å². The molecule has 0 heterocycles. The highest BCUT2D eigenvalue weighted by Gasteiger charge is 2.03. The molecule has 15 heavy (non-hydrogen) atoms. The van der Waals surface area contributed by atoms with Gasteiger partial charge in [0.05, 0.1) is 12.5 Å². The van der Waals surface area contributed by atoms with Gasteiger partial charge in [-0.25, -0.2) is 4.39 Å². The van der Waals surface area contributed by atoms with Gasteiger partial charge in [-0.05, 0) is 37.1 Å². The molecule has 0 aromatic heterocycles. The average molecular weight is 206 g/mol. The molecule has 0 aliphatic rings. The molecule has 0 spiro atoms. The Kier molecular flexibility index (Phi) is 4.26. The van der Waals surface area contributed by atoms with Crippen molar-refractivity contribution < 1.29 is 4.39 Å². The second-order valence-electron chi connectivity index (χ2n) is 3.71. The summed E-state index contributed by atoms with van der Waals surface area (Å²) in [5, 5.41) is 11.7. The van der Waals surface area contributed by atoms with Gasteiger partial charge in [-0.2, -0.15) is 5.26 Å². The molecule has 1 N–H and O–H groups in total. The minimum atomic E-state index is -0.207. The quantitative estimate of drug-likeness (QED) is 0.821. The molecule has 1 atom stereocenters. The van der Waals surface area contributed by atoms with Crippen molar-refractivity contribution in [3.8, 4) is 6.07 Å². The molecular weight excluding hydrogens is 191 g/mol. The SMILES string of the molecule is Cc1cc(F)ccc1CNC(C)CC#N. The van der Waals surface area contributed by atoms with Gasteiger partial charge in [-0.1, -0.05) is 6.07 Å². The summed E-state index contributed by atoms with van der Waals surface area (Å²) in [7, 11) is 0. The monoisotopic (exact) mass is 206 g/mol. The van der Waals surface area contributed by atoms with Gasteiger partial charge < -0.3 is 5.32 Å². The van der Waals surface area contributed by atoms with Gasteiger partial charge in [0.25, 0.3) is 0 Å². The normalized spacial score (nSPS) is 12.1. The summed E-state index contributed by atoms with van der Waals surface area (Å²) < 4.78 is 12.8. The zero-order chi connectivity index (χ0) is 11.3. The van der Waals surface area contributed by atoms with E-state index in [2.05, 4.69) is 11.4 Å². The highest BCUT2D eigenvalue weighted by atomic mass is 19.1. The third-order valence-corrected chi connectivity index (χ3v) is 2.34. The third-order valence-electron chi connectivity index (χ3n) is 2.34. The molecule has 0 saturated carbocycles. The first-order chi connectivity index (χ1) is 7.13. The Morgan fingerprint density at radius 3 is 2.87 bits per heavy atom.